The molecule has 0 radical (unpaired) electrons. The molecule has 18 heavy (non-hydrogen) atoms. The number of carbonyl (C=O) groups excluding carboxylic acids is 1. The second kappa shape index (κ2) is 5.40. The van der Waals surface area contributed by atoms with Gasteiger partial charge in [-0.1, -0.05) is 29.8 Å². The van der Waals surface area contributed by atoms with Gasteiger partial charge in [-0.15, -0.1) is 0 Å². The Hall–Kier alpha value is -2.23. The lowest BCUT2D eigenvalue weighted by Crippen LogP contribution is -2.09. The van der Waals surface area contributed by atoms with E-state index in [0.29, 0.717) is 6.42 Å². The summed E-state index contributed by atoms with van der Waals surface area (Å²) in [6, 6.07) is 7.84. The lowest BCUT2D eigenvalue weighted by atomic mass is 10.0. The van der Waals surface area contributed by atoms with Crippen LogP contribution in [-0.4, -0.2) is 22.9 Å². The largest absolute Gasteiger partial charge is 0.479 e. The number of ether oxygens (including phenoxy) is 1. The molecule has 0 aliphatic heterocycles. The van der Waals surface area contributed by atoms with E-state index in [1.165, 1.54) is 19.5 Å². The molecule has 0 amide bonds. The van der Waals surface area contributed by atoms with E-state index in [-0.39, 0.29) is 17.4 Å². The van der Waals surface area contributed by atoms with Gasteiger partial charge in [0.2, 0.25) is 5.88 Å². The van der Waals surface area contributed by atoms with Crippen molar-refractivity contribution in [2.24, 2.45) is 0 Å². The summed E-state index contributed by atoms with van der Waals surface area (Å²) in [4.78, 5) is 20.1. The number of carbonyl (C=O) groups is 1. The maximum atomic E-state index is 12.1. The number of Topliss-reactive ketones (excluding diaryl/α,β-unsaturated/α-hetero) is 1. The lowest BCUT2D eigenvalue weighted by Gasteiger charge is -2.05. The second-order valence-corrected chi connectivity index (χ2v) is 4.00. The molecule has 1 aromatic heterocycles. The van der Waals surface area contributed by atoms with E-state index < -0.39 is 0 Å². The van der Waals surface area contributed by atoms with Gasteiger partial charge in [-0.2, -0.15) is 0 Å². The summed E-state index contributed by atoms with van der Waals surface area (Å²) in [5.74, 6) is 0.181. The molecule has 1 heterocycles. The first-order valence-electron chi connectivity index (χ1n) is 5.64. The Kier molecular flexibility index (Phi) is 3.67. The van der Waals surface area contributed by atoms with Gasteiger partial charge in [0, 0.05) is 18.8 Å². The summed E-state index contributed by atoms with van der Waals surface area (Å²) in [6.07, 6.45) is 3.30. The Balaban J connectivity index is 2.22. The Bertz CT molecular complexity index is 567. The third-order valence-corrected chi connectivity index (χ3v) is 2.57. The van der Waals surface area contributed by atoms with Gasteiger partial charge in [0.05, 0.1) is 7.11 Å². The number of aromatic nitrogens is 2. The first-order valence-corrected chi connectivity index (χ1v) is 5.64. The van der Waals surface area contributed by atoms with Crippen molar-refractivity contribution < 1.29 is 9.53 Å². The van der Waals surface area contributed by atoms with Crippen LogP contribution in [0.15, 0.2) is 36.7 Å². The molecule has 0 bridgehead atoms. The van der Waals surface area contributed by atoms with Crippen molar-refractivity contribution in [2.45, 2.75) is 13.3 Å². The van der Waals surface area contributed by atoms with Gasteiger partial charge in [-0.05, 0) is 12.5 Å². The van der Waals surface area contributed by atoms with Gasteiger partial charge in [0.25, 0.3) is 0 Å². The average molecular weight is 242 g/mol. The number of aryl methyl sites for hydroxylation is 1. The third-order valence-electron chi connectivity index (χ3n) is 2.57. The Morgan fingerprint density at radius 2 is 2.06 bits per heavy atom. The van der Waals surface area contributed by atoms with E-state index in [9.17, 15) is 4.79 Å². The van der Waals surface area contributed by atoms with Gasteiger partial charge in [-0.3, -0.25) is 4.79 Å². The van der Waals surface area contributed by atoms with Crippen LogP contribution in [0.4, 0.5) is 0 Å². The standard InChI is InChI=1S/C14H14N2O2/c1-10-4-3-5-11(8-10)9-12(17)13-14(18-2)16-7-6-15-13/h3-8H,9H2,1-2H3. The summed E-state index contributed by atoms with van der Waals surface area (Å²) in [5, 5.41) is 0. The fraction of sp³-hybridized carbons (Fsp3) is 0.214. The number of ketones is 1. The second-order valence-electron chi connectivity index (χ2n) is 4.00. The van der Waals surface area contributed by atoms with E-state index in [2.05, 4.69) is 9.97 Å². The molecule has 0 fully saturated rings. The van der Waals surface area contributed by atoms with Crippen molar-refractivity contribution in [3.8, 4) is 5.88 Å². The summed E-state index contributed by atoms with van der Waals surface area (Å²) < 4.78 is 5.03. The molecular weight excluding hydrogens is 228 g/mol. The molecular formula is C14H14N2O2. The van der Waals surface area contributed by atoms with Crippen molar-refractivity contribution >= 4 is 5.78 Å². The Morgan fingerprint density at radius 3 is 2.78 bits per heavy atom. The zero-order valence-corrected chi connectivity index (χ0v) is 10.4. The average Bonchev–Trinajstić information content (AvgIpc) is 2.38. The van der Waals surface area contributed by atoms with E-state index in [1.54, 1.807) is 0 Å². The van der Waals surface area contributed by atoms with Crippen LogP contribution >= 0.6 is 0 Å². The van der Waals surface area contributed by atoms with E-state index in [1.807, 2.05) is 31.2 Å². The predicted molar refractivity (Wildman–Crippen MR) is 67.8 cm³/mol. The highest BCUT2D eigenvalue weighted by Gasteiger charge is 2.15. The molecule has 0 aliphatic carbocycles. The summed E-state index contributed by atoms with van der Waals surface area (Å²) in [7, 11) is 1.48. The number of benzene rings is 1. The molecule has 0 saturated heterocycles. The zero-order chi connectivity index (χ0) is 13.0. The topological polar surface area (TPSA) is 52.1 Å². The Morgan fingerprint density at radius 1 is 1.28 bits per heavy atom. The summed E-state index contributed by atoms with van der Waals surface area (Å²) >= 11 is 0. The van der Waals surface area contributed by atoms with Crippen LogP contribution in [0.1, 0.15) is 21.6 Å². The fourth-order valence-electron chi connectivity index (χ4n) is 1.76. The van der Waals surface area contributed by atoms with Crippen LogP contribution in [0.25, 0.3) is 0 Å². The molecule has 0 spiro atoms. The van der Waals surface area contributed by atoms with E-state index >= 15 is 0 Å². The highest BCUT2D eigenvalue weighted by Crippen LogP contribution is 2.14. The van der Waals surface area contributed by atoms with Crippen LogP contribution in [0, 0.1) is 6.92 Å². The molecule has 2 aromatic rings. The van der Waals surface area contributed by atoms with Gasteiger partial charge in [-0.25, -0.2) is 9.97 Å². The zero-order valence-electron chi connectivity index (χ0n) is 10.4. The van der Waals surface area contributed by atoms with E-state index in [0.717, 1.165) is 11.1 Å². The maximum absolute atomic E-state index is 12.1. The van der Waals surface area contributed by atoms with Gasteiger partial charge < -0.3 is 4.74 Å². The number of methoxy groups -OCH3 is 1. The molecule has 0 aliphatic rings. The van der Waals surface area contributed by atoms with Gasteiger partial charge in [0.1, 0.15) is 0 Å². The van der Waals surface area contributed by atoms with Gasteiger partial charge in [0.15, 0.2) is 11.5 Å². The van der Waals surface area contributed by atoms with Crippen LogP contribution in [0.2, 0.25) is 0 Å². The van der Waals surface area contributed by atoms with Crippen LogP contribution in [0.5, 0.6) is 5.88 Å². The minimum absolute atomic E-state index is 0.0921. The maximum Gasteiger partial charge on any atom is 0.243 e. The molecule has 4 nitrogen and oxygen atoms in total. The van der Waals surface area contributed by atoms with E-state index in [4.69, 9.17) is 4.74 Å². The number of hydrogen-bond donors (Lipinski definition) is 0. The van der Waals surface area contributed by atoms with Gasteiger partial charge >= 0.3 is 0 Å². The molecule has 0 N–H and O–H groups in total. The fourth-order valence-corrected chi connectivity index (χ4v) is 1.76. The molecule has 92 valence electrons. The minimum atomic E-state index is -0.0921. The number of nitrogens with zero attached hydrogens (tertiary/aromatic N) is 2. The SMILES string of the molecule is COc1nccnc1C(=O)Cc1cccc(C)c1. The lowest BCUT2D eigenvalue weighted by molar-refractivity contribution is 0.0984. The molecule has 4 heteroatoms. The monoisotopic (exact) mass is 242 g/mol. The van der Waals surface area contributed by atoms with Crippen molar-refractivity contribution in [1.29, 1.82) is 0 Å². The summed E-state index contributed by atoms with van der Waals surface area (Å²) in [5.41, 5.74) is 2.38. The van der Waals surface area contributed by atoms with Crippen LogP contribution in [0.3, 0.4) is 0 Å². The summed E-state index contributed by atoms with van der Waals surface area (Å²) in [6.45, 7) is 2.00. The normalized spacial score (nSPS) is 10.1. The van der Waals surface area contributed by atoms with Crippen LogP contribution < -0.4 is 4.74 Å². The molecule has 0 atom stereocenters. The first-order chi connectivity index (χ1) is 8.70. The number of hydrogen-bond acceptors (Lipinski definition) is 4. The molecule has 0 saturated carbocycles. The third kappa shape index (κ3) is 2.71. The highest BCUT2D eigenvalue weighted by molar-refractivity contribution is 5.97. The molecule has 2 rings (SSSR count). The minimum Gasteiger partial charge on any atom is -0.479 e. The van der Waals surface area contributed by atoms with Crippen molar-refractivity contribution in [3.63, 3.8) is 0 Å². The van der Waals surface area contributed by atoms with Crippen molar-refractivity contribution in [3.05, 3.63) is 53.5 Å². The Labute approximate surface area is 106 Å². The van der Waals surface area contributed by atoms with Crippen LogP contribution in [-0.2, 0) is 6.42 Å². The van der Waals surface area contributed by atoms with Crippen molar-refractivity contribution in [2.75, 3.05) is 7.11 Å². The highest BCUT2D eigenvalue weighted by atomic mass is 16.5. The smallest absolute Gasteiger partial charge is 0.243 e. The quantitative estimate of drug-likeness (QED) is 0.771. The van der Waals surface area contributed by atoms with Crippen molar-refractivity contribution in [1.82, 2.24) is 9.97 Å². The predicted octanol–water partition coefficient (Wildman–Crippen LogP) is 2.22. The number of rotatable bonds is 4. The first kappa shape index (κ1) is 12.2. The molecule has 1 aromatic carbocycles. The molecule has 0 unspecified atom stereocenters.